The number of fused-ring (bicyclic) bond motifs is 2. The van der Waals surface area contributed by atoms with Crippen molar-refractivity contribution in [2.24, 2.45) is 5.73 Å². The second-order valence-corrected chi connectivity index (χ2v) is 9.68. The third-order valence-electron chi connectivity index (χ3n) is 6.89. The minimum Gasteiger partial charge on any atom is -0.489 e. The molecule has 3 heterocycles. The molecule has 4 N–H and O–H groups in total. The summed E-state index contributed by atoms with van der Waals surface area (Å²) in [7, 11) is 0. The van der Waals surface area contributed by atoms with E-state index in [2.05, 4.69) is 15.3 Å². The number of ether oxygens (including phenoxy) is 1. The van der Waals surface area contributed by atoms with Gasteiger partial charge in [0, 0.05) is 23.6 Å². The lowest BCUT2D eigenvalue weighted by molar-refractivity contribution is -0.265. The molecule has 1 aliphatic rings. The van der Waals surface area contributed by atoms with Gasteiger partial charge < -0.3 is 25.3 Å². The van der Waals surface area contributed by atoms with Crippen molar-refractivity contribution in [3.8, 4) is 17.0 Å². The van der Waals surface area contributed by atoms with Gasteiger partial charge in [0.1, 0.15) is 34.8 Å². The number of aromatic nitrogens is 2. The second-order valence-electron chi connectivity index (χ2n) is 9.68. The Morgan fingerprint density at radius 1 is 1.12 bits per heavy atom. The Bertz CT molecular complexity index is 1650. The molecule has 13 heteroatoms. The molecular formula is C27H22F4N4O5. The van der Waals surface area contributed by atoms with Crippen LogP contribution in [0.2, 0.25) is 0 Å². The predicted molar refractivity (Wildman–Crippen MR) is 133 cm³/mol. The Labute approximate surface area is 224 Å². The van der Waals surface area contributed by atoms with Crippen molar-refractivity contribution in [1.29, 1.82) is 0 Å². The molecule has 208 valence electrons. The van der Waals surface area contributed by atoms with E-state index in [0.29, 0.717) is 11.4 Å². The van der Waals surface area contributed by atoms with Crippen molar-refractivity contribution in [2.45, 2.75) is 31.0 Å². The van der Waals surface area contributed by atoms with Crippen LogP contribution in [-0.2, 0) is 15.8 Å². The third-order valence-corrected chi connectivity index (χ3v) is 6.89. The number of nitrogens with zero attached hydrogens (tertiary/aromatic N) is 2. The van der Waals surface area contributed by atoms with E-state index in [9.17, 15) is 32.3 Å². The molecule has 5 rings (SSSR count). The Hall–Kier alpha value is -4.52. The largest absolute Gasteiger partial charge is 0.489 e. The summed E-state index contributed by atoms with van der Waals surface area (Å²) in [6.07, 6.45) is -5.34. The van der Waals surface area contributed by atoms with Gasteiger partial charge in [0.05, 0.1) is 12.2 Å². The molecule has 0 aliphatic carbocycles. The molecule has 1 aliphatic heterocycles. The molecule has 0 saturated heterocycles. The van der Waals surface area contributed by atoms with Crippen molar-refractivity contribution < 1.29 is 41.4 Å². The standard InChI is InChI=1S/C27H22F4N4O5/c1-13-34-18-8-5-15(9-19(18)40-13)23(36)33-11-26(38,27(29,30)31)20-10-17-22(39-12-25(17,2)24(32)37)21(35-20)14-3-6-16(28)7-4-14/h3-10,38H,11-12H2,1-2H3,(H2,32,37)(H,33,36)/t25-,26-/m0/s1. The number of aliphatic hydroxyl groups is 1. The SMILES string of the molecule is Cc1nc2ccc(C(=O)NC[C@](O)(c3cc4c(c(-c5ccc(F)cc5)n3)OC[C@]4(C)C(N)=O)C(F)(F)F)cc2o1. The number of hydrogen-bond acceptors (Lipinski definition) is 7. The maximum absolute atomic E-state index is 14.5. The van der Waals surface area contributed by atoms with Crippen LogP contribution < -0.4 is 15.8 Å². The molecule has 2 amide bonds. The number of halogens is 4. The first-order valence-electron chi connectivity index (χ1n) is 11.9. The van der Waals surface area contributed by atoms with Gasteiger partial charge in [-0.25, -0.2) is 14.4 Å². The van der Waals surface area contributed by atoms with Gasteiger partial charge >= 0.3 is 6.18 Å². The third kappa shape index (κ3) is 4.41. The van der Waals surface area contributed by atoms with E-state index < -0.39 is 47.1 Å². The van der Waals surface area contributed by atoms with Crippen LogP contribution >= 0.6 is 0 Å². The lowest BCUT2D eigenvalue weighted by atomic mass is 9.81. The van der Waals surface area contributed by atoms with Crippen LogP contribution in [0.1, 0.15) is 34.4 Å². The molecule has 0 saturated carbocycles. The Morgan fingerprint density at radius 3 is 2.48 bits per heavy atom. The zero-order chi connectivity index (χ0) is 29.0. The number of carbonyl (C=O) groups excluding carboxylic acids is 2. The van der Waals surface area contributed by atoms with E-state index in [1.54, 1.807) is 6.92 Å². The van der Waals surface area contributed by atoms with Gasteiger partial charge in [0.15, 0.2) is 11.5 Å². The number of hydrogen-bond donors (Lipinski definition) is 3. The van der Waals surface area contributed by atoms with E-state index in [0.717, 1.165) is 18.2 Å². The molecule has 2 aromatic heterocycles. The van der Waals surface area contributed by atoms with Gasteiger partial charge in [-0.1, -0.05) is 0 Å². The van der Waals surface area contributed by atoms with Crippen molar-refractivity contribution in [3.05, 3.63) is 77.1 Å². The number of amides is 2. The van der Waals surface area contributed by atoms with E-state index in [-0.39, 0.29) is 40.3 Å². The second kappa shape index (κ2) is 9.30. The van der Waals surface area contributed by atoms with E-state index in [1.165, 1.54) is 37.3 Å². The molecule has 0 spiro atoms. The molecule has 2 aromatic carbocycles. The zero-order valence-electron chi connectivity index (χ0n) is 21.1. The summed E-state index contributed by atoms with van der Waals surface area (Å²) in [4.78, 5) is 33.3. The topological polar surface area (TPSA) is 141 Å². The molecule has 0 fully saturated rings. The van der Waals surface area contributed by atoms with Gasteiger partial charge in [-0.05, 0) is 55.5 Å². The molecule has 2 atom stereocenters. The maximum Gasteiger partial charge on any atom is 0.424 e. The number of benzene rings is 2. The fourth-order valence-electron chi connectivity index (χ4n) is 4.43. The van der Waals surface area contributed by atoms with Crippen LogP contribution in [0.3, 0.4) is 0 Å². The van der Waals surface area contributed by atoms with Crippen LogP contribution in [0.4, 0.5) is 17.6 Å². The van der Waals surface area contributed by atoms with Crippen molar-refractivity contribution in [1.82, 2.24) is 15.3 Å². The first-order valence-corrected chi connectivity index (χ1v) is 11.9. The Kier molecular flexibility index (Phi) is 6.29. The van der Waals surface area contributed by atoms with Crippen LogP contribution in [0.25, 0.3) is 22.4 Å². The number of aryl methyl sites for hydroxylation is 1. The number of nitrogens with two attached hydrogens (primary N) is 1. The minimum atomic E-state index is -5.34. The molecule has 0 bridgehead atoms. The summed E-state index contributed by atoms with van der Waals surface area (Å²) in [5, 5.41) is 13.2. The number of alkyl halides is 3. The highest BCUT2D eigenvalue weighted by atomic mass is 19.4. The summed E-state index contributed by atoms with van der Waals surface area (Å²) < 4.78 is 68.1. The van der Waals surface area contributed by atoms with Crippen molar-refractivity contribution >= 4 is 22.9 Å². The Balaban J connectivity index is 1.58. The first kappa shape index (κ1) is 27.1. The monoisotopic (exact) mass is 558 g/mol. The van der Waals surface area contributed by atoms with Crippen LogP contribution in [0, 0.1) is 12.7 Å². The van der Waals surface area contributed by atoms with Crippen molar-refractivity contribution in [2.75, 3.05) is 13.2 Å². The van der Waals surface area contributed by atoms with E-state index >= 15 is 0 Å². The Morgan fingerprint density at radius 2 is 1.82 bits per heavy atom. The fourth-order valence-corrected chi connectivity index (χ4v) is 4.43. The summed E-state index contributed by atoms with van der Waals surface area (Å²) in [5.41, 5.74) is 0.0191. The average molecular weight is 558 g/mol. The number of rotatable bonds is 6. The molecule has 9 nitrogen and oxygen atoms in total. The number of carbonyl (C=O) groups is 2. The van der Waals surface area contributed by atoms with Crippen LogP contribution in [0.5, 0.6) is 5.75 Å². The quantitative estimate of drug-likeness (QED) is 0.307. The maximum atomic E-state index is 14.5. The highest BCUT2D eigenvalue weighted by molar-refractivity contribution is 5.97. The summed E-state index contributed by atoms with van der Waals surface area (Å²) >= 11 is 0. The smallest absolute Gasteiger partial charge is 0.424 e. The summed E-state index contributed by atoms with van der Waals surface area (Å²) in [6.45, 7) is 1.36. The summed E-state index contributed by atoms with van der Waals surface area (Å²) in [6, 6.07) is 9.70. The normalized spacial score (nSPS) is 18.2. The molecular weight excluding hydrogens is 536 g/mol. The van der Waals surface area contributed by atoms with Crippen LogP contribution in [0.15, 0.2) is 52.9 Å². The number of primary amides is 1. The molecule has 40 heavy (non-hydrogen) atoms. The van der Waals surface area contributed by atoms with Gasteiger partial charge in [0.2, 0.25) is 11.5 Å². The molecule has 0 unspecified atom stereocenters. The lowest BCUT2D eigenvalue weighted by Gasteiger charge is -2.31. The highest BCUT2D eigenvalue weighted by Crippen LogP contribution is 2.47. The van der Waals surface area contributed by atoms with Gasteiger partial charge in [-0.2, -0.15) is 13.2 Å². The molecule has 4 aromatic rings. The number of pyridine rings is 1. The number of oxazole rings is 1. The first-order chi connectivity index (χ1) is 18.7. The summed E-state index contributed by atoms with van der Waals surface area (Å²) in [5.74, 6) is -2.10. The number of nitrogens with one attached hydrogen (secondary N) is 1. The average Bonchev–Trinajstić information content (AvgIpc) is 3.45. The van der Waals surface area contributed by atoms with Gasteiger partial charge in [-0.15, -0.1) is 0 Å². The predicted octanol–water partition coefficient (Wildman–Crippen LogP) is 3.65. The fraction of sp³-hybridized carbons (Fsp3) is 0.259. The van der Waals surface area contributed by atoms with Crippen molar-refractivity contribution in [3.63, 3.8) is 0 Å². The van der Waals surface area contributed by atoms with E-state index in [1.807, 2.05) is 0 Å². The lowest BCUT2D eigenvalue weighted by Crippen LogP contribution is -2.51. The van der Waals surface area contributed by atoms with Gasteiger partial charge in [-0.3, -0.25) is 9.59 Å². The van der Waals surface area contributed by atoms with E-state index in [4.69, 9.17) is 14.9 Å². The highest BCUT2D eigenvalue weighted by Gasteiger charge is 2.57. The van der Waals surface area contributed by atoms with Gasteiger partial charge in [0.25, 0.3) is 5.91 Å². The zero-order valence-corrected chi connectivity index (χ0v) is 21.1. The minimum absolute atomic E-state index is 0.0270. The van der Waals surface area contributed by atoms with Crippen LogP contribution in [-0.4, -0.2) is 46.2 Å². The molecule has 0 radical (unpaired) electrons.